The first kappa shape index (κ1) is 21.4. The van der Waals surface area contributed by atoms with Gasteiger partial charge >= 0.3 is 5.97 Å². The van der Waals surface area contributed by atoms with Crippen molar-refractivity contribution in [2.75, 3.05) is 6.61 Å². The highest BCUT2D eigenvalue weighted by Crippen LogP contribution is 2.38. The number of aliphatic carboxylic acids is 1. The number of carbonyl (C=O) groups is 1. The van der Waals surface area contributed by atoms with Gasteiger partial charge in [-0.25, -0.2) is 4.79 Å². The van der Waals surface area contributed by atoms with E-state index in [0.29, 0.717) is 5.75 Å². The summed E-state index contributed by atoms with van der Waals surface area (Å²) in [5.41, 5.74) is 5.11. The normalized spacial score (nSPS) is 11.3. The molecule has 0 aliphatic heterocycles. The zero-order valence-electron chi connectivity index (χ0n) is 17.8. The summed E-state index contributed by atoms with van der Waals surface area (Å²) in [7, 11) is 2.14. The summed E-state index contributed by atoms with van der Waals surface area (Å²) in [6.45, 7) is 1.87. The van der Waals surface area contributed by atoms with Crippen LogP contribution in [0.5, 0.6) is 5.75 Å². The molecule has 4 rings (SSSR count). The van der Waals surface area contributed by atoms with Gasteiger partial charge in [-0.3, -0.25) is 0 Å². The molecule has 1 heterocycles. The van der Waals surface area contributed by atoms with Crippen molar-refractivity contribution in [3.8, 4) is 17.0 Å². The predicted octanol–water partition coefficient (Wildman–Crippen LogP) is 6.96. The molecule has 0 saturated heterocycles. The van der Waals surface area contributed by atoms with Crippen molar-refractivity contribution in [2.24, 2.45) is 7.05 Å². The fourth-order valence-corrected chi connectivity index (χ4v) is 4.92. The molecule has 160 valence electrons. The Hall–Kier alpha value is -2.79. The molecule has 0 saturated carbocycles. The van der Waals surface area contributed by atoms with E-state index in [1.54, 1.807) is 0 Å². The maximum atomic E-state index is 10.8. The van der Waals surface area contributed by atoms with Crippen LogP contribution in [0.4, 0.5) is 0 Å². The van der Waals surface area contributed by atoms with Crippen molar-refractivity contribution in [1.29, 1.82) is 0 Å². The topological polar surface area (TPSA) is 51.5 Å². The second-order valence-electron chi connectivity index (χ2n) is 7.86. The molecule has 0 radical (unpaired) electrons. The second kappa shape index (κ2) is 9.15. The predicted molar refractivity (Wildman–Crippen MR) is 130 cm³/mol. The Labute approximate surface area is 190 Å². The molecule has 31 heavy (non-hydrogen) atoms. The molecule has 0 fully saturated rings. The van der Waals surface area contributed by atoms with E-state index in [4.69, 9.17) is 9.84 Å². The van der Waals surface area contributed by atoms with Crippen molar-refractivity contribution in [3.63, 3.8) is 0 Å². The number of aromatic nitrogens is 1. The van der Waals surface area contributed by atoms with Gasteiger partial charge in [-0.05, 0) is 68.9 Å². The minimum Gasteiger partial charge on any atom is -0.481 e. The molecule has 0 aliphatic rings. The number of benzene rings is 3. The van der Waals surface area contributed by atoms with Gasteiger partial charge in [0.2, 0.25) is 0 Å². The van der Waals surface area contributed by atoms with Crippen LogP contribution in [0.1, 0.15) is 31.7 Å². The van der Waals surface area contributed by atoms with E-state index < -0.39 is 5.97 Å². The second-order valence-corrected chi connectivity index (χ2v) is 8.65. The lowest BCUT2D eigenvalue weighted by Gasteiger charge is -2.12. The zero-order valence-corrected chi connectivity index (χ0v) is 19.4. The summed E-state index contributed by atoms with van der Waals surface area (Å²) in [4.78, 5) is 10.8. The Morgan fingerprint density at radius 1 is 1.06 bits per heavy atom. The summed E-state index contributed by atoms with van der Waals surface area (Å²) >= 11 is 3.59. The maximum absolute atomic E-state index is 10.8. The van der Waals surface area contributed by atoms with Crippen LogP contribution in [0, 0.1) is 0 Å². The highest BCUT2D eigenvalue weighted by atomic mass is 79.9. The first-order valence-electron chi connectivity index (χ1n) is 10.6. The molecule has 0 amide bonds. The number of hydrogen-bond donors (Lipinski definition) is 1. The number of halogens is 1. The van der Waals surface area contributed by atoms with Crippen LogP contribution in [0.3, 0.4) is 0 Å². The standard InChI is InChI=1S/C26H26BrNO3/c1-3-4-5-9-21-20-8-6-7-10-22(20)28(2)26(21)18-11-13-19-17(15-18)12-14-23(25(19)27)31-16-24(29)30/h6-8,10-15H,3-5,9,16H2,1-2H3,(H,29,30). The molecular formula is C26H26BrNO3. The van der Waals surface area contributed by atoms with Crippen LogP contribution in [0.25, 0.3) is 32.9 Å². The number of unbranched alkanes of at least 4 members (excludes halogenated alkanes) is 2. The molecular weight excluding hydrogens is 454 g/mol. The average molecular weight is 480 g/mol. The van der Waals surface area contributed by atoms with Crippen LogP contribution in [-0.4, -0.2) is 22.2 Å². The largest absolute Gasteiger partial charge is 0.481 e. The summed E-state index contributed by atoms with van der Waals surface area (Å²) < 4.78 is 8.48. The highest BCUT2D eigenvalue weighted by molar-refractivity contribution is 9.10. The first-order valence-corrected chi connectivity index (χ1v) is 11.4. The van der Waals surface area contributed by atoms with E-state index in [0.717, 1.165) is 21.7 Å². The molecule has 0 atom stereocenters. The van der Waals surface area contributed by atoms with Crippen molar-refractivity contribution in [2.45, 2.75) is 32.6 Å². The van der Waals surface area contributed by atoms with Gasteiger partial charge < -0.3 is 14.4 Å². The smallest absolute Gasteiger partial charge is 0.341 e. The number of fused-ring (bicyclic) bond motifs is 2. The molecule has 1 N–H and O–H groups in total. The Morgan fingerprint density at radius 2 is 1.87 bits per heavy atom. The molecule has 0 aliphatic carbocycles. The van der Waals surface area contributed by atoms with E-state index >= 15 is 0 Å². The Morgan fingerprint density at radius 3 is 2.65 bits per heavy atom. The Kier molecular flexibility index (Phi) is 6.33. The fourth-order valence-electron chi connectivity index (χ4n) is 4.31. The Balaban J connectivity index is 1.81. The lowest BCUT2D eigenvalue weighted by molar-refractivity contribution is -0.139. The van der Waals surface area contributed by atoms with Gasteiger partial charge in [-0.1, -0.05) is 56.2 Å². The lowest BCUT2D eigenvalue weighted by Crippen LogP contribution is -2.09. The zero-order chi connectivity index (χ0) is 22.0. The van der Waals surface area contributed by atoms with E-state index in [2.05, 4.69) is 76.9 Å². The molecule has 0 unspecified atom stereocenters. The fraction of sp³-hybridized carbons (Fsp3) is 0.269. The van der Waals surface area contributed by atoms with Crippen LogP contribution >= 0.6 is 15.9 Å². The molecule has 0 bridgehead atoms. The SMILES string of the molecule is CCCCCc1c(-c2ccc3c(Br)c(OCC(=O)O)ccc3c2)n(C)c2ccccc12. The van der Waals surface area contributed by atoms with Gasteiger partial charge in [-0.2, -0.15) is 0 Å². The quantitative estimate of drug-likeness (QED) is 0.278. The minimum absolute atomic E-state index is 0.362. The number of carboxylic acids is 1. The number of nitrogens with zero attached hydrogens (tertiary/aromatic N) is 1. The van der Waals surface area contributed by atoms with Gasteiger partial charge in [0, 0.05) is 18.0 Å². The van der Waals surface area contributed by atoms with E-state index in [-0.39, 0.29) is 6.61 Å². The van der Waals surface area contributed by atoms with Crippen LogP contribution in [0.15, 0.2) is 59.1 Å². The maximum Gasteiger partial charge on any atom is 0.341 e. The van der Waals surface area contributed by atoms with E-state index in [9.17, 15) is 4.79 Å². The van der Waals surface area contributed by atoms with E-state index in [1.165, 1.54) is 47.0 Å². The van der Waals surface area contributed by atoms with Crippen molar-refractivity contribution >= 4 is 43.6 Å². The molecule has 5 heteroatoms. The van der Waals surface area contributed by atoms with Gasteiger partial charge in [0.1, 0.15) is 5.75 Å². The average Bonchev–Trinajstić information content (AvgIpc) is 3.05. The molecule has 0 spiro atoms. The number of para-hydroxylation sites is 1. The number of hydrogen-bond acceptors (Lipinski definition) is 2. The number of carboxylic acid groups (broad SMARTS) is 1. The van der Waals surface area contributed by atoms with Crippen molar-refractivity contribution in [3.05, 3.63) is 64.6 Å². The van der Waals surface area contributed by atoms with Gasteiger partial charge in [0.15, 0.2) is 6.61 Å². The molecule has 3 aromatic carbocycles. The first-order chi connectivity index (χ1) is 15.0. The molecule has 1 aromatic heterocycles. The van der Waals surface area contributed by atoms with Gasteiger partial charge in [0.05, 0.1) is 10.2 Å². The third-order valence-corrected chi connectivity index (χ3v) is 6.60. The highest BCUT2D eigenvalue weighted by Gasteiger charge is 2.17. The van der Waals surface area contributed by atoms with Crippen molar-refractivity contribution in [1.82, 2.24) is 4.57 Å². The van der Waals surface area contributed by atoms with Gasteiger partial charge in [-0.15, -0.1) is 0 Å². The van der Waals surface area contributed by atoms with Crippen LogP contribution < -0.4 is 4.74 Å². The summed E-state index contributed by atoms with van der Waals surface area (Å²) in [5, 5.41) is 12.3. The minimum atomic E-state index is -0.992. The van der Waals surface area contributed by atoms with Crippen molar-refractivity contribution < 1.29 is 14.6 Å². The van der Waals surface area contributed by atoms with Crippen LogP contribution in [-0.2, 0) is 18.3 Å². The van der Waals surface area contributed by atoms with E-state index in [1.807, 2.05) is 12.1 Å². The monoisotopic (exact) mass is 479 g/mol. The summed E-state index contributed by atoms with van der Waals surface area (Å²) in [6.07, 6.45) is 4.68. The van der Waals surface area contributed by atoms with Gasteiger partial charge in [0.25, 0.3) is 0 Å². The molecule has 4 aromatic rings. The third-order valence-electron chi connectivity index (χ3n) is 5.79. The number of rotatable bonds is 8. The lowest BCUT2D eigenvalue weighted by atomic mass is 9.98. The molecule has 4 nitrogen and oxygen atoms in total. The number of aryl methyl sites for hydroxylation is 2. The third kappa shape index (κ3) is 4.19. The van der Waals surface area contributed by atoms with Crippen LogP contribution in [0.2, 0.25) is 0 Å². The summed E-state index contributed by atoms with van der Waals surface area (Å²) in [5.74, 6) is -0.457. The number of ether oxygens (including phenoxy) is 1. The summed E-state index contributed by atoms with van der Waals surface area (Å²) in [6, 6.07) is 18.9. The Bertz CT molecular complexity index is 1260.